The fourth-order valence-corrected chi connectivity index (χ4v) is 2.31. The van der Waals surface area contributed by atoms with E-state index in [4.69, 9.17) is 5.73 Å². The Hall–Kier alpha value is -1.36. The van der Waals surface area contributed by atoms with E-state index < -0.39 is 11.7 Å². The van der Waals surface area contributed by atoms with Gasteiger partial charge in [0.25, 0.3) is 0 Å². The Morgan fingerprint density at radius 3 is 2.22 bits per heavy atom. The molecule has 0 bridgehead atoms. The summed E-state index contributed by atoms with van der Waals surface area (Å²) in [7, 11) is 0. The molecule has 0 aliphatic heterocycles. The molecule has 0 aromatic heterocycles. The molecule has 0 heterocycles. The number of alkyl halides is 3. The average Bonchev–Trinajstić information content (AvgIpc) is 2.74. The minimum absolute atomic E-state index is 0.0356. The lowest BCUT2D eigenvalue weighted by atomic mass is 9.95. The van der Waals surface area contributed by atoms with Gasteiger partial charge in [0.05, 0.1) is 5.56 Å². The van der Waals surface area contributed by atoms with Crippen LogP contribution in [0, 0.1) is 5.92 Å². The zero-order valence-electron chi connectivity index (χ0n) is 9.70. The number of rotatable bonds is 2. The normalized spacial score (nSPS) is 24.2. The van der Waals surface area contributed by atoms with Crippen LogP contribution in [0.4, 0.5) is 13.2 Å². The first-order valence-electron chi connectivity index (χ1n) is 5.85. The maximum Gasteiger partial charge on any atom is 0.416 e. The van der Waals surface area contributed by atoms with E-state index in [1.807, 2.05) is 0 Å². The zero-order chi connectivity index (χ0) is 13.3. The Bertz CT molecular complexity index is 439. The highest BCUT2D eigenvalue weighted by Gasteiger charge is 2.31. The molecule has 2 rings (SSSR count). The molecule has 0 radical (unpaired) electrons. The first-order chi connectivity index (χ1) is 8.38. The molecule has 1 aromatic carbocycles. The standard InChI is InChI=1S/C13H14F3NO/c14-13(15,16)10-4-1-8(2-5-10)12(18)9-3-6-11(17)7-9/h1-2,4-5,9,11H,3,6-7,17H2. The van der Waals surface area contributed by atoms with E-state index in [0.29, 0.717) is 12.0 Å². The highest BCUT2D eigenvalue weighted by molar-refractivity contribution is 5.98. The van der Waals surface area contributed by atoms with Crippen LogP contribution in [-0.2, 0) is 6.18 Å². The van der Waals surface area contributed by atoms with Gasteiger partial charge in [0.2, 0.25) is 0 Å². The van der Waals surface area contributed by atoms with Crippen LogP contribution in [0.2, 0.25) is 0 Å². The summed E-state index contributed by atoms with van der Waals surface area (Å²) in [5.74, 6) is -0.242. The Labute approximate surface area is 103 Å². The lowest BCUT2D eigenvalue weighted by molar-refractivity contribution is -0.137. The molecule has 2 atom stereocenters. The monoisotopic (exact) mass is 257 g/mol. The molecule has 1 saturated carbocycles. The number of nitrogens with two attached hydrogens (primary N) is 1. The summed E-state index contributed by atoms with van der Waals surface area (Å²) < 4.78 is 37.1. The molecule has 0 amide bonds. The maximum absolute atomic E-state index is 12.4. The molecule has 98 valence electrons. The van der Waals surface area contributed by atoms with Gasteiger partial charge in [0, 0.05) is 17.5 Å². The van der Waals surface area contributed by atoms with Crippen molar-refractivity contribution < 1.29 is 18.0 Å². The van der Waals surface area contributed by atoms with Crippen molar-refractivity contribution in [2.75, 3.05) is 0 Å². The van der Waals surface area contributed by atoms with Crippen molar-refractivity contribution >= 4 is 5.78 Å². The van der Waals surface area contributed by atoms with Crippen molar-refractivity contribution in [1.29, 1.82) is 0 Å². The second kappa shape index (κ2) is 4.72. The SMILES string of the molecule is NC1CCC(C(=O)c2ccc(C(F)(F)F)cc2)C1. The van der Waals surface area contributed by atoms with Crippen molar-refractivity contribution in [3.63, 3.8) is 0 Å². The minimum atomic E-state index is -4.36. The summed E-state index contributed by atoms with van der Waals surface area (Å²) in [5.41, 5.74) is 5.32. The van der Waals surface area contributed by atoms with Gasteiger partial charge in [-0.15, -0.1) is 0 Å². The van der Waals surface area contributed by atoms with Gasteiger partial charge in [-0.25, -0.2) is 0 Å². The number of halogens is 3. The molecule has 0 saturated heterocycles. The van der Waals surface area contributed by atoms with Crippen molar-refractivity contribution in [1.82, 2.24) is 0 Å². The average molecular weight is 257 g/mol. The van der Waals surface area contributed by atoms with Gasteiger partial charge in [-0.1, -0.05) is 12.1 Å². The summed E-state index contributed by atoms with van der Waals surface area (Å²) in [6, 6.07) is 4.42. The number of ketones is 1. The smallest absolute Gasteiger partial charge is 0.328 e. The molecule has 2 nitrogen and oxygen atoms in total. The van der Waals surface area contributed by atoms with Gasteiger partial charge in [0.1, 0.15) is 0 Å². The highest BCUT2D eigenvalue weighted by atomic mass is 19.4. The predicted octanol–water partition coefficient (Wildman–Crippen LogP) is 3.02. The van der Waals surface area contributed by atoms with E-state index >= 15 is 0 Å². The summed E-state index contributed by atoms with van der Waals surface area (Å²) in [5, 5.41) is 0. The molecule has 1 aliphatic rings. The van der Waals surface area contributed by atoms with Gasteiger partial charge in [-0.2, -0.15) is 13.2 Å². The molecule has 18 heavy (non-hydrogen) atoms. The van der Waals surface area contributed by atoms with Crippen LogP contribution in [0.3, 0.4) is 0 Å². The highest BCUT2D eigenvalue weighted by Crippen LogP contribution is 2.31. The van der Waals surface area contributed by atoms with Gasteiger partial charge < -0.3 is 5.73 Å². The molecular weight excluding hydrogens is 243 g/mol. The van der Waals surface area contributed by atoms with Crippen LogP contribution in [-0.4, -0.2) is 11.8 Å². The third-order valence-corrected chi connectivity index (χ3v) is 3.34. The summed E-state index contributed by atoms with van der Waals surface area (Å²) in [4.78, 5) is 12.0. The van der Waals surface area contributed by atoms with Gasteiger partial charge in [-0.3, -0.25) is 4.79 Å². The van der Waals surface area contributed by atoms with E-state index in [-0.39, 0.29) is 17.7 Å². The van der Waals surface area contributed by atoms with Crippen molar-refractivity contribution in [3.05, 3.63) is 35.4 Å². The number of hydrogen-bond acceptors (Lipinski definition) is 2. The number of carbonyl (C=O) groups excluding carboxylic acids is 1. The van der Waals surface area contributed by atoms with Crippen LogP contribution in [0.25, 0.3) is 0 Å². The van der Waals surface area contributed by atoms with Crippen LogP contribution < -0.4 is 5.73 Å². The number of hydrogen-bond donors (Lipinski definition) is 1. The van der Waals surface area contributed by atoms with Crippen molar-refractivity contribution in [3.8, 4) is 0 Å². The molecule has 0 spiro atoms. The van der Waals surface area contributed by atoms with E-state index in [2.05, 4.69) is 0 Å². The Balaban J connectivity index is 2.12. The van der Waals surface area contributed by atoms with Gasteiger partial charge in [-0.05, 0) is 31.4 Å². The summed E-state index contributed by atoms with van der Waals surface area (Å²) in [6.07, 6.45) is -2.21. The third-order valence-electron chi connectivity index (χ3n) is 3.34. The van der Waals surface area contributed by atoms with Crippen LogP contribution in [0.1, 0.15) is 35.2 Å². The van der Waals surface area contributed by atoms with E-state index in [9.17, 15) is 18.0 Å². The Morgan fingerprint density at radius 2 is 1.78 bits per heavy atom. The molecular formula is C13H14F3NO. The predicted molar refractivity (Wildman–Crippen MR) is 61.1 cm³/mol. The fraction of sp³-hybridized carbons (Fsp3) is 0.462. The Morgan fingerprint density at radius 1 is 1.17 bits per heavy atom. The molecule has 1 fully saturated rings. The minimum Gasteiger partial charge on any atom is -0.328 e. The zero-order valence-corrected chi connectivity index (χ0v) is 9.70. The maximum atomic E-state index is 12.4. The van der Waals surface area contributed by atoms with Crippen molar-refractivity contribution in [2.24, 2.45) is 11.7 Å². The molecule has 1 aliphatic carbocycles. The number of Topliss-reactive ketones (excluding diaryl/α,β-unsaturated/α-hetero) is 1. The van der Waals surface area contributed by atoms with Crippen LogP contribution in [0.15, 0.2) is 24.3 Å². The lowest BCUT2D eigenvalue weighted by Crippen LogP contribution is -2.18. The number of benzene rings is 1. The van der Waals surface area contributed by atoms with E-state index in [1.165, 1.54) is 12.1 Å². The third kappa shape index (κ3) is 2.72. The molecule has 2 N–H and O–H groups in total. The summed E-state index contributed by atoms with van der Waals surface area (Å²) >= 11 is 0. The second-order valence-corrected chi connectivity index (χ2v) is 4.71. The van der Waals surface area contributed by atoms with Crippen LogP contribution >= 0.6 is 0 Å². The Kier molecular flexibility index (Phi) is 3.43. The molecule has 5 heteroatoms. The van der Waals surface area contributed by atoms with Crippen LogP contribution in [0.5, 0.6) is 0 Å². The molecule has 1 aromatic rings. The fourth-order valence-electron chi connectivity index (χ4n) is 2.31. The quantitative estimate of drug-likeness (QED) is 0.827. The largest absolute Gasteiger partial charge is 0.416 e. The first kappa shape index (κ1) is 13.1. The first-order valence-corrected chi connectivity index (χ1v) is 5.85. The van der Waals surface area contributed by atoms with Gasteiger partial charge >= 0.3 is 6.18 Å². The van der Waals surface area contributed by atoms with E-state index in [0.717, 1.165) is 25.0 Å². The molecule has 2 unspecified atom stereocenters. The van der Waals surface area contributed by atoms with Gasteiger partial charge in [0.15, 0.2) is 5.78 Å². The number of carbonyl (C=O) groups is 1. The van der Waals surface area contributed by atoms with E-state index in [1.54, 1.807) is 0 Å². The second-order valence-electron chi connectivity index (χ2n) is 4.71. The lowest BCUT2D eigenvalue weighted by Gasteiger charge is -2.10. The summed E-state index contributed by atoms with van der Waals surface area (Å²) in [6.45, 7) is 0. The topological polar surface area (TPSA) is 43.1 Å². The van der Waals surface area contributed by atoms with Crippen molar-refractivity contribution in [2.45, 2.75) is 31.5 Å².